The molecule has 0 atom stereocenters. The number of aromatic nitrogens is 2. The normalized spacial score (nSPS) is 10.8. The van der Waals surface area contributed by atoms with Crippen LogP contribution in [0.25, 0.3) is 0 Å². The minimum absolute atomic E-state index is 0.0932. The Kier molecular flexibility index (Phi) is 3.56. The minimum atomic E-state index is -3.87. The molecule has 1 aromatic rings. The molecule has 0 spiro atoms. The van der Waals surface area contributed by atoms with E-state index in [9.17, 15) is 13.2 Å². The number of rotatable bonds is 4. The number of carbonyl (C=O) groups excluding carboxylic acids is 1. The highest BCUT2D eigenvalue weighted by Crippen LogP contribution is 2.13. The minimum Gasteiger partial charge on any atom is -0.350 e. The first-order valence-corrected chi connectivity index (χ1v) is 5.79. The van der Waals surface area contributed by atoms with Gasteiger partial charge in [0.25, 0.3) is 0 Å². The van der Waals surface area contributed by atoms with Crippen LogP contribution in [0.2, 0.25) is 0 Å². The maximum Gasteiger partial charge on any atom is 0.334 e. The highest BCUT2D eigenvalue weighted by Gasteiger charge is 2.27. The summed E-state index contributed by atoms with van der Waals surface area (Å²) >= 11 is 0. The van der Waals surface area contributed by atoms with Crippen LogP contribution in [0.1, 0.15) is 0 Å². The van der Waals surface area contributed by atoms with E-state index in [1.54, 1.807) is 0 Å². The van der Waals surface area contributed by atoms with Gasteiger partial charge in [-0.1, -0.05) is 6.08 Å². The molecule has 0 unspecified atom stereocenters. The predicted octanol–water partition coefficient (Wildman–Crippen LogP) is -0.122. The summed E-state index contributed by atoms with van der Waals surface area (Å²) in [6.07, 6.45) is 3.59. The molecule has 0 saturated carbocycles. The van der Waals surface area contributed by atoms with Gasteiger partial charge >= 0.3 is 6.03 Å². The number of amides is 2. The summed E-state index contributed by atoms with van der Waals surface area (Å²) in [5, 5.41) is 0. The van der Waals surface area contributed by atoms with Crippen molar-refractivity contribution in [3.63, 3.8) is 0 Å². The highest BCUT2D eigenvalue weighted by molar-refractivity contribution is 7.93. The van der Waals surface area contributed by atoms with E-state index in [-0.39, 0.29) is 5.82 Å². The lowest BCUT2D eigenvalue weighted by atomic mass is 10.6. The number of urea groups is 1. The molecule has 1 aromatic heterocycles. The third-order valence-electron chi connectivity index (χ3n) is 1.58. The van der Waals surface area contributed by atoms with Crippen LogP contribution in [0.5, 0.6) is 0 Å². The topological polar surface area (TPSA) is 106 Å². The summed E-state index contributed by atoms with van der Waals surface area (Å²) in [4.78, 5) is 18.4. The first-order chi connectivity index (χ1) is 7.49. The van der Waals surface area contributed by atoms with E-state index in [0.29, 0.717) is 4.31 Å². The van der Waals surface area contributed by atoms with Crippen LogP contribution in [0, 0.1) is 0 Å². The Morgan fingerprint density at radius 3 is 2.75 bits per heavy atom. The molecule has 0 saturated heterocycles. The Bertz CT molecular complexity index is 485. The van der Waals surface area contributed by atoms with E-state index in [1.807, 2.05) is 0 Å². The Labute approximate surface area is 92.7 Å². The van der Waals surface area contributed by atoms with Crippen LogP contribution >= 0.6 is 0 Å². The molecule has 2 amide bonds. The second kappa shape index (κ2) is 4.71. The molecule has 2 N–H and O–H groups in total. The van der Waals surface area contributed by atoms with Crippen molar-refractivity contribution in [2.75, 3.05) is 10.1 Å². The Morgan fingerprint density at radius 2 is 2.31 bits per heavy atom. The van der Waals surface area contributed by atoms with Gasteiger partial charge in [0.2, 0.25) is 10.0 Å². The van der Waals surface area contributed by atoms with Gasteiger partial charge < -0.3 is 5.73 Å². The number of hydrogen-bond donors (Lipinski definition) is 1. The molecule has 0 aliphatic heterocycles. The van der Waals surface area contributed by atoms with E-state index in [2.05, 4.69) is 16.5 Å². The molecule has 86 valence electrons. The van der Waals surface area contributed by atoms with Crippen molar-refractivity contribution >= 4 is 21.9 Å². The van der Waals surface area contributed by atoms with Gasteiger partial charge in [0.15, 0.2) is 5.82 Å². The lowest BCUT2D eigenvalue weighted by molar-refractivity contribution is 0.256. The maximum absolute atomic E-state index is 11.7. The second-order valence-corrected chi connectivity index (χ2v) is 4.60. The molecule has 1 heterocycles. The molecule has 0 bridgehead atoms. The number of primary amides is 1. The van der Waals surface area contributed by atoms with Crippen LogP contribution in [-0.2, 0) is 10.0 Å². The van der Waals surface area contributed by atoms with Crippen molar-refractivity contribution in [3.8, 4) is 0 Å². The van der Waals surface area contributed by atoms with Gasteiger partial charge in [0.05, 0.1) is 5.75 Å². The molecule has 0 aromatic carbocycles. The zero-order valence-electron chi connectivity index (χ0n) is 8.28. The average Bonchev–Trinajstić information content (AvgIpc) is 2.17. The first-order valence-electron chi connectivity index (χ1n) is 4.18. The monoisotopic (exact) mass is 242 g/mol. The van der Waals surface area contributed by atoms with E-state index in [4.69, 9.17) is 5.73 Å². The summed E-state index contributed by atoms with van der Waals surface area (Å²) in [7, 11) is -3.87. The number of nitrogens with zero attached hydrogens (tertiary/aromatic N) is 3. The van der Waals surface area contributed by atoms with Gasteiger partial charge in [-0.3, -0.25) is 0 Å². The molecule has 1 rings (SSSR count). The molecule has 8 heteroatoms. The van der Waals surface area contributed by atoms with Crippen LogP contribution in [0.3, 0.4) is 0 Å². The largest absolute Gasteiger partial charge is 0.350 e. The fourth-order valence-electron chi connectivity index (χ4n) is 1.02. The lowest BCUT2D eigenvalue weighted by Gasteiger charge is -2.17. The van der Waals surface area contributed by atoms with Crippen LogP contribution in [0.15, 0.2) is 31.2 Å². The number of nitrogens with two attached hydrogens (primary N) is 1. The molecule has 16 heavy (non-hydrogen) atoms. The Balaban J connectivity index is 3.21. The number of sulfonamides is 1. The highest BCUT2D eigenvalue weighted by atomic mass is 32.2. The summed E-state index contributed by atoms with van der Waals surface area (Å²) in [6, 6.07) is 0.145. The number of anilines is 1. The van der Waals surface area contributed by atoms with Gasteiger partial charge in [-0.05, 0) is 0 Å². The lowest BCUT2D eigenvalue weighted by Crippen LogP contribution is -2.42. The SMILES string of the molecule is C=CCS(=O)(=O)N(C(N)=O)c1ccncn1. The predicted molar refractivity (Wildman–Crippen MR) is 58.1 cm³/mol. The number of hydrogen-bond acceptors (Lipinski definition) is 5. The van der Waals surface area contributed by atoms with Crippen molar-refractivity contribution in [3.05, 3.63) is 31.2 Å². The third kappa shape index (κ3) is 2.54. The zero-order valence-corrected chi connectivity index (χ0v) is 9.09. The quantitative estimate of drug-likeness (QED) is 0.740. The van der Waals surface area contributed by atoms with Crippen molar-refractivity contribution in [2.45, 2.75) is 0 Å². The smallest absolute Gasteiger partial charge is 0.334 e. The molecule has 7 nitrogen and oxygen atoms in total. The Hall–Kier alpha value is -1.96. The van der Waals surface area contributed by atoms with Crippen LogP contribution in [-0.4, -0.2) is 30.2 Å². The zero-order chi connectivity index (χ0) is 12.2. The summed E-state index contributed by atoms with van der Waals surface area (Å²) in [5.74, 6) is -0.496. The maximum atomic E-state index is 11.7. The van der Waals surface area contributed by atoms with Crippen molar-refractivity contribution in [1.29, 1.82) is 0 Å². The fourth-order valence-corrected chi connectivity index (χ4v) is 2.13. The van der Waals surface area contributed by atoms with Crippen LogP contribution in [0.4, 0.5) is 10.6 Å². The van der Waals surface area contributed by atoms with Crippen molar-refractivity contribution in [2.24, 2.45) is 5.73 Å². The van der Waals surface area contributed by atoms with E-state index < -0.39 is 21.8 Å². The van der Waals surface area contributed by atoms with Gasteiger partial charge in [0.1, 0.15) is 6.33 Å². The second-order valence-electron chi connectivity index (χ2n) is 2.74. The molecule has 0 fully saturated rings. The molecule has 0 aliphatic carbocycles. The van der Waals surface area contributed by atoms with Gasteiger partial charge in [-0.15, -0.1) is 6.58 Å². The van der Waals surface area contributed by atoms with Crippen molar-refractivity contribution in [1.82, 2.24) is 9.97 Å². The standard InChI is InChI=1S/C8H10N4O3S/c1-2-5-16(14,15)12(8(9)13)7-3-4-10-6-11-7/h2-4,6H,1,5H2,(H2,9,13). The average molecular weight is 242 g/mol. The summed E-state index contributed by atoms with van der Waals surface area (Å²) in [6.45, 7) is 3.29. The first kappa shape index (κ1) is 12.1. The fraction of sp³-hybridized carbons (Fsp3) is 0.125. The molecule has 0 aliphatic rings. The summed E-state index contributed by atoms with van der Waals surface area (Å²) in [5.41, 5.74) is 5.00. The summed E-state index contributed by atoms with van der Waals surface area (Å²) < 4.78 is 23.7. The van der Waals surface area contributed by atoms with E-state index in [0.717, 1.165) is 12.4 Å². The Morgan fingerprint density at radius 1 is 1.62 bits per heavy atom. The van der Waals surface area contributed by atoms with Gasteiger partial charge in [-0.2, -0.15) is 4.31 Å². The van der Waals surface area contributed by atoms with E-state index in [1.165, 1.54) is 12.3 Å². The molecular formula is C8H10N4O3S. The number of carbonyl (C=O) groups is 1. The van der Waals surface area contributed by atoms with E-state index >= 15 is 0 Å². The van der Waals surface area contributed by atoms with Gasteiger partial charge in [0, 0.05) is 12.3 Å². The molecular weight excluding hydrogens is 232 g/mol. The third-order valence-corrected chi connectivity index (χ3v) is 3.16. The molecule has 0 radical (unpaired) electrons. The van der Waals surface area contributed by atoms with Crippen molar-refractivity contribution < 1.29 is 13.2 Å². The van der Waals surface area contributed by atoms with Gasteiger partial charge in [-0.25, -0.2) is 23.2 Å². The van der Waals surface area contributed by atoms with Crippen LogP contribution < -0.4 is 10.0 Å².